The maximum atomic E-state index is 13.2. The van der Waals surface area contributed by atoms with Gasteiger partial charge in [0, 0.05) is 15.9 Å². The maximum Gasteiger partial charge on any atom is 0.300 e. The zero-order chi connectivity index (χ0) is 15.1. The fraction of sp³-hybridized carbons (Fsp3) is 0. The Morgan fingerprint density at radius 1 is 1.05 bits per heavy atom. The number of benzene rings is 2. The van der Waals surface area contributed by atoms with Gasteiger partial charge in [-0.3, -0.25) is 20.2 Å². The zero-order valence-corrected chi connectivity index (χ0v) is 11.0. The lowest BCUT2D eigenvalue weighted by molar-refractivity contribution is -0.393. The van der Waals surface area contributed by atoms with Gasteiger partial charge in [-0.25, -0.2) is 4.39 Å². The van der Waals surface area contributed by atoms with Gasteiger partial charge in [-0.05, 0) is 18.2 Å². The lowest BCUT2D eigenvalue weighted by atomic mass is 10.2. The maximum absolute atomic E-state index is 13.2. The van der Waals surface area contributed by atoms with Crippen molar-refractivity contribution in [2.45, 2.75) is 9.79 Å². The number of nitrogens with zero attached hydrogens (tertiary/aromatic N) is 2. The molecule has 3 rings (SSSR count). The monoisotopic (exact) mass is 307 g/mol. The summed E-state index contributed by atoms with van der Waals surface area (Å²) in [6, 6.07) is 6.09. The first-order chi connectivity index (χ1) is 9.95. The van der Waals surface area contributed by atoms with Gasteiger partial charge in [-0.1, -0.05) is 11.8 Å². The topological polar surface area (TPSA) is 98.3 Å². The van der Waals surface area contributed by atoms with Crippen LogP contribution in [0.2, 0.25) is 0 Å². The summed E-state index contributed by atoms with van der Waals surface area (Å²) >= 11 is 1.05. The Labute approximate surface area is 121 Å². The third-order valence-electron chi connectivity index (χ3n) is 2.90. The molecule has 0 fully saturated rings. The van der Waals surface area contributed by atoms with Crippen LogP contribution in [0.1, 0.15) is 0 Å². The number of rotatable bonds is 2. The van der Waals surface area contributed by atoms with Crippen LogP contribution in [-0.2, 0) is 0 Å². The predicted octanol–water partition coefficient (Wildman–Crippen LogP) is 3.85. The van der Waals surface area contributed by atoms with E-state index in [1.807, 2.05) is 0 Å². The normalized spacial score (nSPS) is 12.0. The number of hydrogen-bond donors (Lipinski definition) is 1. The lowest BCUT2D eigenvalue weighted by Crippen LogP contribution is -2.05. The van der Waals surface area contributed by atoms with Crippen molar-refractivity contribution in [2.24, 2.45) is 0 Å². The molecule has 0 amide bonds. The van der Waals surface area contributed by atoms with Crippen molar-refractivity contribution < 1.29 is 14.2 Å². The minimum atomic E-state index is -0.699. The Hall–Kier alpha value is -2.68. The van der Waals surface area contributed by atoms with Gasteiger partial charge in [-0.15, -0.1) is 0 Å². The fourth-order valence-electron chi connectivity index (χ4n) is 1.98. The van der Waals surface area contributed by atoms with E-state index < -0.39 is 15.7 Å². The van der Waals surface area contributed by atoms with E-state index in [0.717, 1.165) is 17.8 Å². The second kappa shape index (κ2) is 4.70. The summed E-state index contributed by atoms with van der Waals surface area (Å²) in [5.41, 5.74) is -0.0724. The molecule has 0 atom stereocenters. The summed E-state index contributed by atoms with van der Waals surface area (Å²) < 4.78 is 13.2. The van der Waals surface area contributed by atoms with Crippen LogP contribution in [0.4, 0.5) is 27.1 Å². The average Bonchev–Trinajstić information content (AvgIpc) is 2.43. The van der Waals surface area contributed by atoms with Crippen molar-refractivity contribution in [3.8, 4) is 0 Å². The highest BCUT2D eigenvalue weighted by Gasteiger charge is 2.28. The van der Waals surface area contributed by atoms with Gasteiger partial charge in [0.2, 0.25) is 0 Å². The van der Waals surface area contributed by atoms with E-state index in [1.54, 1.807) is 0 Å². The molecule has 0 bridgehead atoms. The van der Waals surface area contributed by atoms with Gasteiger partial charge < -0.3 is 5.32 Å². The minimum Gasteiger partial charge on any atom is -0.348 e. The Morgan fingerprint density at radius 2 is 1.81 bits per heavy atom. The summed E-state index contributed by atoms with van der Waals surface area (Å²) in [7, 11) is 0. The van der Waals surface area contributed by atoms with Crippen LogP contribution < -0.4 is 5.32 Å². The number of halogens is 1. The van der Waals surface area contributed by atoms with E-state index in [9.17, 15) is 24.6 Å². The quantitative estimate of drug-likeness (QED) is 0.570. The molecule has 0 unspecified atom stereocenters. The number of nitro benzene ring substituents is 2. The first-order valence-electron chi connectivity index (χ1n) is 5.67. The molecule has 2 aromatic rings. The number of fused-ring (bicyclic) bond motifs is 2. The van der Waals surface area contributed by atoms with E-state index in [4.69, 9.17) is 0 Å². The molecule has 0 aromatic heterocycles. The van der Waals surface area contributed by atoms with Crippen molar-refractivity contribution in [3.05, 3.63) is 56.4 Å². The average molecular weight is 307 g/mol. The minimum absolute atomic E-state index is 0.176. The van der Waals surface area contributed by atoms with Gasteiger partial charge >= 0.3 is 5.69 Å². The Balaban J connectivity index is 2.18. The molecular weight excluding hydrogens is 301 g/mol. The summed E-state index contributed by atoms with van der Waals surface area (Å²) in [5.74, 6) is -0.452. The SMILES string of the molecule is O=[N+]([O-])c1cc2c(c([N+](=O)[O-])c1)Nc1ccc(F)cc1S2. The molecule has 1 aliphatic rings. The summed E-state index contributed by atoms with van der Waals surface area (Å²) in [4.78, 5) is 21.4. The number of nitro groups is 2. The molecule has 1 N–H and O–H groups in total. The number of anilines is 2. The van der Waals surface area contributed by atoms with Gasteiger partial charge in [0.25, 0.3) is 5.69 Å². The smallest absolute Gasteiger partial charge is 0.300 e. The van der Waals surface area contributed by atoms with E-state index in [1.165, 1.54) is 24.3 Å². The summed E-state index contributed by atoms with van der Waals surface area (Å²) in [6.07, 6.45) is 0. The molecule has 1 aliphatic heterocycles. The molecule has 106 valence electrons. The summed E-state index contributed by atoms with van der Waals surface area (Å²) in [5, 5.41) is 24.8. The van der Waals surface area contributed by atoms with E-state index in [2.05, 4.69) is 5.32 Å². The summed E-state index contributed by atoms with van der Waals surface area (Å²) in [6.45, 7) is 0. The van der Waals surface area contributed by atoms with E-state index in [-0.39, 0.29) is 17.1 Å². The van der Waals surface area contributed by atoms with Crippen molar-refractivity contribution in [3.63, 3.8) is 0 Å². The highest BCUT2D eigenvalue weighted by molar-refractivity contribution is 7.99. The molecule has 0 aliphatic carbocycles. The Bertz CT molecular complexity index is 796. The lowest BCUT2D eigenvalue weighted by Gasteiger charge is -2.20. The third-order valence-corrected chi connectivity index (χ3v) is 4.00. The highest BCUT2D eigenvalue weighted by Crippen LogP contribution is 2.49. The van der Waals surface area contributed by atoms with Crippen molar-refractivity contribution in [1.82, 2.24) is 0 Å². The molecule has 0 saturated carbocycles. The number of nitrogens with one attached hydrogen (secondary N) is 1. The molecule has 21 heavy (non-hydrogen) atoms. The van der Waals surface area contributed by atoms with Crippen molar-refractivity contribution in [2.75, 3.05) is 5.32 Å². The second-order valence-corrected chi connectivity index (χ2v) is 5.30. The molecule has 0 saturated heterocycles. The third kappa shape index (κ3) is 2.27. The molecular formula is C12H6FN3O4S. The molecule has 0 radical (unpaired) electrons. The first-order valence-corrected chi connectivity index (χ1v) is 6.48. The Morgan fingerprint density at radius 3 is 2.48 bits per heavy atom. The number of hydrogen-bond acceptors (Lipinski definition) is 6. The van der Waals surface area contributed by atoms with Gasteiger partial charge in [0.1, 0.15) is 11.5 Å². The molecule has 1 heterocycles. The molecule has 2 aromatic carbocycles. The van der Waals surface area contributed by atoms with Crippen LogP contribution >= 0.6 is 11.8 Å². The number of non-ortho nitro benzene ring substituents is 1. The first kappa shape index (κ1) is 13.3. The van der Waals surface area contributed by atoms with Gasteiger partial charge in [0.05, 0.1) is 21.6 Å². The standard InChI is InChI=1S/C12H6FN3O4S/c13-6-1-2-8-10(3-6)21-11-5-7(15(17)18)4-9(16(19)20)12(11)14-8/h1-5,14H. The highest BCUT2D eigenvalue weighted by atomic mass is 32.2. The van der Waals surface area contributed by atoms with Gasteiger partial charge in [-0.2, -0.15) is 0 Å². The van der Waals surface area contributed by atoms with Gasteiger partial charge in [0.15, 0.2) is 0 Å². The molecule has 7 nitrogen and oxygen atoms in total. The van der Waals surface area contributed by atoms with Crippen LogP contribution in [0.25, 0.3) is 0 Å². The fourth-order valence-corrected chi connectivity index (χ4v) is 3.05. The van der Waals surface area contributed by atoms with Crippen LogP contribution in [-0.4, -0.2) is 9.85 Å². The van der Waals surface area contributed by atoms with Crippen LogP contribution in [0.3, 0.4) is 0 Å². The van der Waals surface area contributed by atoms with E-state index >= 15 is 0 Å². The van der Waals surface area contributed by atoms with Crippen LogP contribution in [0, 0.1) is 26.0 Å². The second-order valence-electron chi connectivity index (χ2n) is 4.22. The van der Waals surface area contributed by atoms with Crippen molar-refractivity contribution in [1.29, 1.82) is 0 Å². The predicted molar refractivity (Wildman–Crippen MR) is 73.6 cm³/mol. The molecule has 9 heteroatoms. The Kier molecular flexibility index (Phi) is 2.98. The zero-order valence-electron chi connectivity index (χ0n) is 10.2. The van der Waals surface area contributed by atoms with Crippen LogP contribution in [0.15, 0.2) is 40.1 Å². The molecule has 0 spiro atoms. The van der Waals surface area contributed by atoms with Crippen molar-refractivity contribution >= 4 is 34.5 Å². The van der Waals surface area contributed by atoms with Crippen LogP contribution in [0.5, 0.6) is 0 Å². The largest absolute Gasteiger partial charge is 0.348 e. The van der Waals surface area contributed by atoms with E-state index in [0.29, 0.717) is 15.5 Å².